The normalized spacial score (nSPS) is 10.8. The molecule has 0 saturated carbocycles. The molecule has 6 rings (SSSR count). The Hall–Kier alpha value is -4.06. The molecule has 6 aromatic rings. The standard InChI is InChI=1S/C36H28OP2.N/c1-5-17-29(18-6-1)38(30-19-7-2-8-20-30)35-27-15-13-25-33(35)37-34-26-14-16-28-36(34)39(31-21-9-3-10-22-31)32-23-11-4-12-24-32;/h1-28H;. The van der Waals surface area contributed by atoms with E-state index in [-0.39, 0.29) is 6.15 Å². The number of benzene rings is 6. The monoisotopic (exact) mass is 552 g/mol. The van der Waals surface area contributed by atoms with Crippen molar-refractivity contribution in [2.24, 2.45) is 0 Å². The molecule has 0 unspecified atom stereocenters. The SMILES string of the molecule is [N].c1ccc(P(c2ccccc2)c2ccccc2Oc2ccccc2P(c2ccccc2)c2ccccc2)cc1. The largest absolute Gasteiger partial charge is 0.456 e. The fraction of sp³-hybridized carbons (Fsp3) is 0. The molecule has 2 nitrogen and oxygen atoms in total. The van der Waals surface area contributed by atoms with Crippen LogP contribution in [-0.4, -0.2) is 0 Å². The fourth-order valence-electron chi connectivity index (χ4n) is 4.74. The highest BCUT2D eigenvalue weighted by Gasteiger charge is 2.23. The molecule has 3 radical (unpaired) electrons. The van der Waals surface area contributed by atoms with Gasteiger partial charge in [-0.2, -0.15) is 0 Å². The highest BCUT2D eigenvalue weighted by molar-refractivity contribution is 7.80. The molecule has 4 heteroatoms. The second kappa shape index (κ2) is 13.3. The molecule has 0 atom stereocenters. The highest BCUT2D eigenvalue weighted by atomic mass is 31.1. The number of ether oxygens (including phenoxy) is 1. The molecule has 0 aromatic heterocycles. The minimum atomic E-state index is -0.795. The fourth-order valence-corrected chi connectivity index (χ4v) is 9.48. The molecule has 0 N–H and O–H groups in total. The van der Waals surface area contributed by atoms with Crippen LogP contribution in [0.2, 0.25) is 0 Å². The predicted molar refractivity (Wildman–Crippen MR) is 173 cm³/mol. The van der Waals surface area contributed by atoms with E-state index < -0.39 is 15.8 Å². The van der Waals surface area contributed by atoms with E-state index in [0.29, 0.717) is 0 Å². The third kappa shape index (κ3) is 6.06. The Morgan fingerprint density at radius 3 is 0.850 bits per heavy atom. The zero-order valence-corrected chi connectivity index (χ0v) is 23.7. The van der Waals surface area contributed by atoms with Gasteiger partial charge in [0.05, 0.1) is 0 Å². The minimum absolute atomic E-state index is 0. The summed E-state index contributed by atoms with van der Waals surface area (Å²) in [6.45, 7) is 0. The number of nitrogens with zero attached hydrogens (tertiary/aromatic N) is 1. The lowest BCUT2D eigenvalue weighted by Crippen LogP contribution is -2.23. The van der Waals surface area contributed by atoms with Gasteiger partial charge < -0.3 is 4.74 Å². The van der Waals surface area contributed by atoms with Crippen molar-refractivity contribution in [3.63, 3.8) is 0 Å². The van der Waals surface area contributed by atoms with Gasteiger partial charge in [-0.15, -0.1) is 0 Å². The maximum atomic E-state index is 6.92. The van der Waals surface area contributed by atoms with E-state index >= 15 is 0 Å². The molecule has 0 amide bonds. The summed E-state index contributed by atoms with van der Waals surface area (Å²) < 4.78 is 6.92. The number of hydrogen-bond acceptors (Lipinski definition) is 1. The first-order valence-electron chi connectivity index (χ1n) is 13.0. The lowest BCUT2D eigenvalue weighted by molar-refractivity contribution is 0.491. The lowest BCUT2D eigenvalue weighted by Gasteiger charge is -2.25. The van der Waals surface area contributed by atoms with Crippen LogP contribution in [0, 0.1) is 0 Å². The smallest absolute Gasteiger partial charge is 0.135 e. The molecule has 0 fully saturated rings. The zero-order chi connectivity index (χ0) is 26.3. The van der Waals surface area contributed by atoms with Crippen molar-refractivity contribution in [2.75, 3.05) is 0 Å². The molecular weight excluding hydrogens is 524 g/mol. The first-order chi connectivity index (χ1) is 19.4. The third-order valence-electron chi connectivity index (χ3n) is 6.49. The van der Waals surface area contributed by atoms with Gasteiger partial charge in [0.2, 0.25) is 0 Å². The average Bonchev–Trinajstić information content (AvgIpc) is 3.01. The maximum Gasteiger partial charge on any atom is 0.135 e. The summed E-state index contributed by atoms with van der Waals surface area (Å²) in [5.74, 6) is 1.81. The number of rotatable bonds is 8. The van der Waals surface area contributed by atoms with Crippen molar-refractivity contribution in [1.82, 2.24) is 6.15 Å². The van der Waals surface area contributed by atoms with Crippen LogP contribution in [0.4, 0.5) is 0 Å². The minimum Gasteiger partial charge on any atom is -0.456 e. The van der Waals surface area contributed by atoms with Crippen molar-refractivity contribution in [1.29, 1.82) is 0 Å². The number of para-hydroxylation sites is 2. The Bertz CT molecular complexity index is 1420. The van der Waals surface area contributed by atoms with E-state index in [2.05, 4.69) is 170 Å². The van der Waals surface area contributed by atoms with Crippen LogP contribution < -0.4 is 42.7 Å². The summed E-state index contributed by atoms with van der Waals surface area (Å²) in [5, 5.41) is 7.64. The molecule has 6 aromatic carbocycles. The van der Waals surface area contributed by atoms with Crippen molar-refractivity contribution >= 4 is 47.7 Å². The Morgan fingerprint density at radius 2 is 0.550 bits per heavy atom. The Labute approximate surface area is 239 Å². The first-order valence-corrected chi connectivity index (χ1v) is 15.7. The van der Waals surface area contributed by atoms with Crippen molar-refractivity contribution in [2.45, 2.75) is 0 Å². The van der Waals surface area contributed by atoms with Crippen molar-refractivity contribution in [3.8, 4) is 11.5 Å². The average molecular weight is 553 g/mol. The Kier molecular flexibility index (Phi) is 9.17. The molecule has 0 saturated heterocycles. The van der Waals surface area contributed by atoms with Gasteiger partial charge >= 0.3 is 0 Å². The Morgan fingerprint density at radius 1 is 0.300 bits per heavy atom. The number of hydrogen-bond donors (Lipinski definition) is 0. The van der Waals surface area contributed by atoms with Crippen LogP contribution in [0.15, 0.2) is 170 Å². The third-order valence-corrected chi connectivity index (χ3v) is 11.5. The summed E-state index contributed by atoms with van der Waals surface area (Å²) >= 11 is 0. The van der Waals surface area contributed by atoms with Gasteiger partial charge in [-0.3, -0.25) is 0 Å². The van der Waals surface area contributed by atoms with Crippen LogP contribution in [0.5, 0.6) is 11.5 Å². The van der Waals surface area contributed by atoms with Crippen molar-refractivity contribution in [3.05, 3.63) is 170 Å². The molecule has 193 valence electrons. The molecule has 0 aliphatic heterocycles. The predicted octanol–water partition coefficient (Wildman–Crippen LogP) is 6.51. The molecule has 40 heavy (non-hydrogen) atoms. The van der Waals surface area contributed by atoms with Gasteiger partial charge in [-0.25, -0.2) is 0 Å². The van der Waals surface area contributed by atoms with Crippen LogP contribution in [0.25, 0.3) is 0 Å². The van der Waals surface area contributed by atoms with Crippen LogP contribution in [0.3, 0.4) is 0 Å². The van der Waals surface area contributed by atoms with Crippen molar-refractivity contribution < 1.29 is 4.74 Å². The van der Waals surface area contributed by atoms with E-state index in [1.165, 1.54) is 31.8 Å². The van der Waals surface area contributed by atoms with Gasteiger partial charge in [0.1, 0.15) is 11.5 Å². The Balaban J connectivity index is 0.00000323. The zero-order valence-electron chi connectivity index (χ0n) is 21.9. The van der Waals surface area contributed by atoms with Crippen LogP contribution >= 0.6 is 15.8 Å². The lowest BCUT2D eigenvalue weighted by atomic mass is 10.3. The molecule has 0 aliphatic rings. The summed E-state index contributed by atoms with van der Waals surface area (Å²) in [7, 11) is -1.59. The topological polar surface area (TPSA) is 39.7 Å². The molecule has 0 aliphatic carbocycles. The molecular formula is C36H28NOP2. The molecule has 0 heterocycles. The summed E-state index contributed by atoms with van der Waals surface area (Å²) in [4.78, 5) is 0. The summed E-state index contributed by atoms with van der Waals surface area (Å²) in [5.41, 5.74) is 0. The van der Waals surface area contributed by atoms with Crippen LogP contribution in [-0.2, 0) is 0 Å². The van der Waals surface area contributed by atoms with Gasteiger partial charge in [0.25, 0.3) is 0 Å². The van der Waals surface area contributed by atoms with Gasteiger partial charge in [-0.1, -0.05) is 158 Å². The van der Waals surface area contributed by atoms with Crippen LogP contribution in [0.1, 0.15) is 0 Å². The second-order valence-electron chi connectivity index (χ2n) is 9.05. The van der Waals surface area contributed by atoms with E-state index in [1.807, 2.05) is 0 Å². The maximum absolute atomic E-state index is 6.92. The van der Waals surface area contributed by atoms with Gasteiger partial charge in [-0.05, 0) is 49.2 Å². The van der Waals surface area contributed by atoms with Gasteiger partial charge in [0, 0.05) is 16.8 Å². The van der Waals surface area contributed by atoms with E-state index in [9.17, 15) is 0 Å². The molecule has 0 spiro atoms. The first kappa shape index (κ1) is 27.5. The quantitative estimate of drug-likeness (QED) is 0.198. The second-order valence-corrected chi connectivity index (χ2v) is 13.4. The van der Waals surface area contributed by atoms with E-state index in [4.69, 9.17) is 4.74 Å². The van der Waals surface area contributed by atoms with Gasteiger partial charge in [0.15, 0.2) is 0 Å². The van der Waals surface area contributed by atoms with E-state index in [1.54, 1.807) is 0 Å². The molecule has 0 bridgehead atoms. The highest BCUT2D eigenvalue weighted by Crippen LogP contribution is 2.40. The summed E-state index contributed by atoms with van der Waals surface area (Å²) in [6.07, 6.45) is 0. The van der Waals surface area contributed by atoms with E-state index in [0.717, 1.165) is 11.5 Å². The summed E-state index contributed by atoms with van der Waals surface area (Å²) in [6, 6.07) is 60.2.